The smallest absolute Gasteiger partial charge is 0.258 e. The van der Waals surface area contributed by atoms with E-state index in [4.69, 9.17) is 28.9 Å². The molecule has 1 aromatic heterocycles. The first-order valence-electron chi connectivity index (χ1n) is 14.7. The van der Waals surface area contributed by atoms with Gasteiger partial charge in [0.1, 0.15) is 18.2 Å². The van der Waals surface area contributed by atoms with Crippen LogP contribution in [0.3, 0.4) is 0 Å². The number of aromatic nitrogens is 2. The zero-order valence-corrected chi connectivity index (χ0v) is 25.8. The number of fused-ring (bicyclic) bond motifs is 2. The van der Waals surface area contributed by atoms with Gasteiger partial charge in [0.05, 0.1) is 19.2 Å². The molecule has 0 saturated carbocycles. The molecule has 4 aromatic rings. The van der Waals surface area contributed by atoms with Crippen LogP contribution in [0.4, 0.5) is 17.2 Å². The summed E-state index contributed by atoms with van der Waals surface area (Å²) in [5, 5.41) is 10.7. The predicted molar refractivity (Wildman–Crippen MR) is 174 cm³/mol. The molecule has 44 heavy (non-hydrogen) atoms. The van der Waals surface area contributed by atoms with Crippen molar-refractivity contribution in [2.75, 3.05) is 44.7 Å². The molecule has 0 radical (unpaired) electrons. The van der Waals surface area contributed by atoms with Crippen LogP contribution in [0, 0.1) is 0 Å². The molecule has 1 aliphatic rings. The van der Waals surface area contributed by atoms with Gasteiger partial charge in [0.25, 0.3) is 5.91 Å². The number of amides is 1. The first kappa shape index (κ1) is 30.6. The van der Waals surface area contributed by atoms with E-state index in [1.165, 1.54) is 0 Å². The SMILES string of the molecule is COCCOc1cc2c(Nc3ccc4c(c3)C=CCC(C)N4)nc(-c3cccc(OCC(=O)NC(C)C)c3)nc2cc1OC. The van der Waals surface area contributed by atoms with E-state index in [0.717, 1.165) is 34.3 Å². The largest absolute Gasteiger partial charge is 0.493 e. The number of carbonyl (C=O) groups is 1. The van der Waals surface area contributed by atoms with Gasteiger partial charge in [-0.3, -0.25) is 4.79 Å². The van der Waals surface area contributed by atoms with E-state index in [0.29, 0.717) is 53.7 Å². The Morgan fingerprint density at radius 2 is 1.89 bits per heavy atom. The van der Waals surface area contributed by atoms with Gasteiger partial charge in [0.2, 0.25) is 0 Å². The van der Waals surface area contributed by atoms with Crippen LogP contribution in [0.15, 0.2) is 60.7 Å². The third kappa shape index (κ3) is 7.57. The number of carbonyl (C=O) groups excluding carboxylic acids is 1. The zero-order valence-electron chi connectivity index (χ0n) is 25.8. The van der Waals surface area contributed by atoms with E-state index in [1.54, 1.807) is 20.3 Å². The summed E-state index contributed by atoms with van der Waals surface area (Å²) in [7, 11) is 3.23. The summed E-state index contributed by atoms with van der Waals surface area (Å²) in [4.78, 5) is 22.0. The fraction of sp³-hybridized carbons (Fsp3) is 0.324. The molecule has 10 heteroatoms. The third-order valence-electron chi connectivity index (χ3n) is 6.94. The van der Waals surface area contributed by atoms with Crippen molar-refractivity contribution in [1.82, 2.24) is 15.3 Å². The fourth-order valence-electron chi connectivity index (χ4n) is 4.88. The molecule has 1 atom stereocenters. The monoisotopic (exact) mass is 597 g/mol. The van der Waals surface area contributed by atoms with E-state index in [9.17, 15) is 4.79 Å². The lowest BCUT2D eigenvalue weighted by Gasteiger charge is -2.17. The van der Waals surface area contributed by atoms with Gasteiger partial charge in [-0.2, -0.15) is 0 Å². The van der Waals surface area contributed by atoms with Gasteiger partial charge in [-0.1, -0.05) is 24.3 Å². The molecule has 1 amide bonds. The maximum absolute atomic E-state index is 12.1. The number of ether oxygens (including phenoxy) is 4. The average molecular weight is 598 g/mol. The Labute approximate surface area is 257 Å². The standard InChI is InChI=1S/C34H39N5O5/c1-21(2)35-32(40)20-44-26-11-7-10-24(17-26)33-38-29-19-30(42-5)31(43-15-14-41-4)18-27(29)34(39-33)37-25-12-13-28-23(16-25)9-6-8-22(3)36-28/h6-7,9-13,16-19,21-22,36H,8,14-15,20H2,1-5H3,(H,35,40)(H,37,38,39). The summed E-state index contributed by atoms with van der Waals surface area (Å²) < 4.78 is 22.6. The Morgan fingerprint density at radius 3 is 2.68 bits per heavy atom. The average Bonchev–Trinajstić information content (AvgIpc) is 3.19. The second kappa shape index (κ2) is 14.1. The number of hydrogen-bond donors (Lipinski definition) is 3. The van der Waals surface area contributed by atoms with Gasteiger partial charge >= 0.3 is 0 Å². The summed E-state index contributed by atoms with van der Waals surface area (Å²) in [6.45, 7) is 6.70. The van der Waals surface area contributed by atoms with Crippen LogP contribution in [0.5, 0.6) is 17.2 Å². The molecule has 0 saturated heterocycles. The van der Waals surface area contributed by atoms with E-state index < -0.39 is 0 Å². The van der Waals surface area contributed by atoms with Crippen molar-refractivity contribution in [3.63, 3.8) is 0 Å². The number of rotatable bonds is 12. The maximum Gasteiger partial charge on any atom is 0.258 e. The van der Waals surface area contributed by atoms with Gasteiger partial charge in [-0.15, -0.1) is 0 Å². The Morgan fingerprint density at radius 1 is 1.02 bits per heavy atom. The van der Waals surface area contributed by atoms with Crippen LogP contribution in [0.25, 0.3) is 28.4 Å². The molecule has 5 rings (SSSR count). The molecule has 0 spiro atoms. The van der Waals surface area contributed by atoms with Gasteiger partial charge < -0.3 is 34.9 Å². The lowest BCUT2D eigenvalue weighted by atomic mass is 10.1. The van der Waals surface area contributed by atoms with Crippen molar-refractivity contribution < 1.29 is 23.7 Å². The highest BCUT2D eigenvalue weighted by Crippen LogP contribution is 2.37. The van der Waals surface area contributed by atoms with E-state index in [2.05, 4.69) is 47.2 Å². The van der Waals surface area contributed by atoms with Gasteiger partial charge in [-0.05, 0) is 69.2 Å². The summed E-state index contributed by atoms with van der Waals surface area (Å²) >= 11 is 0. The summed E-state index contributed by atoms with van der Waals surface area (Å²) in [5.41, 5.74) is 4.46. The van der Waals surface area contributed by atoms with Crippen molar-refractivity contribution in [2.45, 2.75) is 39.3 Å². The van der Waals surface area contributed by atoms with Crippen LogP contribution in [0.1, 0.15) is 32.8 Å². The third-order valence-corrected chi connectivity index (χ3v) is 6.94. The topological polar surface area (TPSA) is 116 Å². The normalized spacial score (nSPS) is 14.0. The summed E-state index contributed by atoms with van der Waals surface area (Å²) in [6, 6.07) is 17.7. The van der Waals surface area contributed by atoms with Crippen molar-refractivity contribution in [3.8, 4) is 28.6 Å². The lowest BCUT2D eigenvalue weighted by molar-refractivity contribution is -0.123. The Hall–Kier alpha value is -4.83. The molecule has 3 N–H and O–H groups in total. The Kier molecular flexibility index (Phi) is 9.81. The molecule has 230 valence electrons. The van der Waals surface area contributed by atoms with Crippen molar-refractivity contribution in [1.29, 1.82) is 0 Å². The van der Waals surface area contributed by atoms with Crippen LogP contribution in [-0.2, 0) is 9.53 Å². The zero-order chi connectivity index (χ0) is 31.1. The van der Waals surface area contributed by atoms with Gasteiger partial charge in [-0.25, -0.2) is 9.97 Å². The van der Waals surface area contributed by atoms with Crippen LogP contribution >= 0.6 is 0 Å². The molecule has 1 aliphatic heterocycles. The number of nitrogens with one attached hydrogen (secondary N) is 3. The van der Waals surface area contributed by atoms with Crippen LogP contribution in [-0.4, -0.2) is 62.0 Å². The van der Waals surface area contributed by atoms with Crippen LogP contribution in [0.2, 0.25) is 0 Å². The number of anilines is 3. The molecular weight excluding hydrogens is 558 g/mol. The second-order valence-electron chi connectivity index (χ2n) is 10.9. The number of nitrogens with zero attached hydrogens (tertiary/aromatic N) is 2. The molecule has 0 fully saturated rings. The van der Waals surface area contributed by atoms with E-state index in [1.807, 2.05) is 50.2 Å². The molecule has 3 aromatic carbocycles. The van der Waals surface area contributed by atoms with E-state index >= 15 is 0 Å². The molecule has 10 nitrogen and oxygen atoms in total. The maximum atomic E-state index is 12.1. The predicted octanol–water partition coefficient (Wildman–Crippen LogP) is 6.19. The molecule has 2 heterocycles. The number of benzene rings is 3. The minimum absolute atomic E-state index is 0.0349. The fourth-order valence-corrected chi connectivity index (χ4v) is 4.88. The van der Waals surface area contributed by atoms with Crippen molar-refractivity contribution >= 4 is 40.1 Å². The highest BCUT2D eigenvalue weighted by atomic mass is 16.5. The Balaban J connectivity index is 1.54. The molecular formula is C34H39N5O5. The van der Waals surface area contributed by atoms with Crippen molar-refractivity contribution in [3.05, 3.63) is 66.2 Å². The molecule has 0 aliphatic carbocycles. The lowest BCUT2D eigenvalue weighted by Crippen LogP contribution is -2.34. The first-order chi connectivity index (χ1) is 21.3. The quantitative estimate of drug-likeness (QED) is 0.164. The minimum atomic E-state index is -0.185. The Bertz CT molecular complexity index is 1660. The summed E-state index contributed by atoms with van der Waals surface area (Å²) in [5.74, 6) is 2.55. The second-order valence-corrected chi connectivity index (χ2v) is 10.9. The number of hydrogen-bond acceptors (Lipinski definition) is 9. The number of methoxy groups -OCH3 is 2. The highest BCUT2D eigenvalue weighted by molar-refractivity contribution is 5.95. The van der Waals surface area contributed by atoms with Crippen LogP contribution < -0.4 is 30.2 Å². The van der Waals surface area contributed by atoms with Gasteiger partial charge in [0.15, 0.2) is 23.9 Å². The van der Waals surface area contributed by atoms with Gasteiger partial charge in [0, 0.05) is 47.6 Å². The molecule has 0 bridgehead atoms. The highest BCUT2D eigenvalue weighted by Gasteiger charge is 2.17. The van der Waals surface area contributed by atoms with E-state index in [-0.39, 0.29) is 18.6 Å². The minimum Gasteiger partial charge on any atom is -0.493 e. The van der Waals surface area contributed by atoms with Crippen molar-refractivity contribution in [2.24, 2.45) is 0 Å². The molecule has 1 unspecified atom stereocenters. The first-order valence-corrected chi connectivity index (χ1v) is 14.7. The summed E-state index contributed by atoms with van der Waals surface area (Å²) in [6.07, 6.45) is 5.28.